The molecule has 0 aromatic carbocycles. The molecule has 98 valence electrons. The lowest BCUT2D eigenvalue weighted by Crippen LogP contribution is -2.41. The number of carbonyl (C=O) groups is 1. The average Bonchev–Trinajstić information content (AvgIpc) is 3.01. The summed E-state index contributed by atoms with van der Waals surface area (Å²) >= 11 is 0. The summed E-state index contributed by atoms with van der Waals surface area (Å²) in [4.78, 5) is 11.6. The van der Waals surface area contributed by atoms with Crippen molar-refractivity contribution in [1.82, 2.24) is 10.6 Å². The molecular weight excluding hydrogens is 220 g/mol. The maximum atomic E-state index is 11.6. The van der Waals surface area contributed by atoms with E-state index in [2.05, 4.69) is 10.6 Å². The summed E-state index contributed by atoms with van der Waals surface area (Å²) in [7, 11) is 0. The Morgan fingerprint density at radius 1 is 1.41 bits per heavy atom. The third-order valence-corrected chi connectivity index (χ3v) is 3.25. The van der Waals surface area contributed by atoms with Gasteiger partial charge in [-0.2, -0.15) is 0 Å². The number of nitrogens with one attached hydrogen (secondary N) is 2. The van der Waals surface area contributed by atoms with Crippen molar-refractivity contribution >= 4 is 5.91 Å². The van der Waals surface area contributed by atoms with Crippen molar-refractivity contribution < 1.29 is 14.3 Å². The van der Waals surface area contributed by atoms with E-state index in [1.807, 2.05) is 0 Å². The molecule has 2 aliphatic rings. The predicted octanol–water partition coefficient (Wildman–Crippen LogP) is 0.0502. The molecule has 2 saturated heterocycles. The zero-order valence-corrected chi connectivity index (χ0v) is 10.2. The maximum Gasteiger partial charge on any atom is 0.237 e. The highest BCUT2D eigenvalue weighted by Crippen LogP contribution is 2.11. The van der Waals surface area contributed by atoms with Gasteiger partial charge in [-0.05, 0) is 32.2 Å². The SMILES string of the molecule is O=C(NCCOC[C@@H]1CCCO1)[C@@H]1CCCN1. The molecule has 0 bridgehead atoms. The lowest BCUT2D eigenvalue weighted by Gasteiger charge is -2.12. The van der Waals surface area contributed by atoms with Crippen LogP contribution >= 0.6 is 0 Å². The second-order valence-electron chi connectivity index (χ2n) is 4.65. The highest BCUT2D eigenvalue weighted by Gasteiger charge is 2.21. The monoisotopic (exact) mass is 242 g/mol. The van der Waals surface area contributed by atoms with Gasteiger partial charge >= 0.3 is 0 Å². The van der Waals surface area contributed by atoms with Gasteiger partial charge in [0.15, 0.2) is 0 Å². The van der Waals surface area contributed by atoms with E-state index in [0.29, 0.717) is 19.8 Å². The van der Waals surface area contributed by atoms with E-state index in [1.165, 1.54) is 0 Å². The van der Waals surface area contributed by atoms with Crippen molar-refractivity contribution in [1.29, 1.82) is 0 Å². The second-order valence-corrected chi connectivity index (χ2v) is 4.65. The fourth-order valence-electron chi connectivity index (χ4n) is 2.27. The third-order valence-electron chi connectivity index (χ3n) is 3.25. The molecule has 5 heteroatoms. The molecule has 2 atom stereocenters. The number of amides is 1. The Morgan fingerprint density at radius 2 is 2.35 bits per heavy atom. The molecule has 0 saturated carbocycles. The number of hydrogen-bond acceptors (Lipinski definition) is 4. The van der Waals surface area contributed by atoms with Crippen LogP contribution in [0.1, 0.15) is 25.7 Å². The Morgan fingerprint density at radius 3 is 3.06 bits per heavy atom. The summed E-state index contributed by atoms with van der Waals surface area (Å²) in [6.45, 7) is 3.62. The number of carbonyl (C=O) groups excluding carboxylic acids is 1. The van der Waals surface area contributed by atoms with Gasteiger partial charge in [0.25, 0.3) is 0 Å². The quantitative estimate of drug-likeness (QED) is 0.646. The molecule has 0 aromatic rings. The van der Waals surface area contributed by atoms with Crippen LogP contribution in [-0.2, 0) is 14.3 Å². The van der Waals surface area contributed by atoms with Crippen molar-refractivity contribution in [2.45, 2.75) is 37.8 Å². The highest BCUT2D eigenvalue weighted by atomic mass is 16.5. The van der Waals surface area contributed by atoms with E-state index in [4.69, 9.17) is 9.47 Å². The third kappa shape index (κ3) is 4.26. The summed E-state index contributed by atoms with van der Waals surface area (Å²) in [5.41, 5.74) is 0. The van der Waals surface area contributed by atoms with E-state index in [0.717, 1.165) is 38.8 Å². The van der Waals surface area contributed by atoms with Crippen LogP contribution in [0.3, 0.4) is 0 Å². The van der Waals surface area contributed by atoms with E-state index in [9.17, 15) is 4.79 Å². The average molecular weight is 242 g/mol. The topological polar surface area (TPSA) is 59.6 Å². The first-order valence-electron chi connectivity index (χ1n) is 6.57. The smallest absolute Gasteiger partial charge is 0.237 e. The molecule has 2 rings (SSSR count). The molecule has 0 aromatic heterocycles. The van der Waals surface area contributed by atoms with Crippen molar-refractivity contribution in [2.75, 3.05) is 32.9 Å². The molecular formula is C12H22N2O3. The minimum atomic E-state index is 0.00756. The summed E-state index contributed by atoms with van der Waals surface area (Å²) < 4.78 is 10.9. The first-order chi connectivity index (χ1) is 8.36. The van der Waals surface area contributed by atoms with Crippen molar-refractivity contribution in [3.8, 4) is 0 Å². The Hall–Kier alpha value is -0.650. The second kappa shape index (κ2) is 6.93. The molecule has 2 fully saturated rings. The van der Waals surface area contributed by atoms with E-state index in [1.54, 1.807) is 0 Å². The lowest BCUT2D eigenvalue weighted by molar-refractivity contribution is -0.123. The molecule has 0 unspecified atom stereocenters. The van der Waals surface area contributed by atoms with Gasteiger partial charge in [0.2, 0.25) is 5.91 Å². The fraction of sp³-hybridized carbons (Fsp3) is 0.917. The molecule has 0 radical (unpaired) electrons. The summed E-state index contributed by atoms with van der Waals surface area (Å²) in [5, 5.41) is 6.05. The Balaban J connectivity index is 1.46. The zero-order chi connectivity index (χ0) is 11.9. The molecule has 0 aliphatic carbocycles. The molecule has 0 spiro atoms. The van der Waals surface area contributed by atoms with Gasteiger partial charge in [0.1, 0.15) is 0 Å². The molecule has 17 heavy (non-hydrogen) atoms. The van der Waals surface area contributed by atoms with Crippen LogP contribution in [0.4, 0.5) is 0 Å². The van der Waals surface area contributed by atoms with E-state index in [-0.39, 0.29) is 18.1 Å². The van der Waals surface area contributed by atoms with Gasteiger partial charge in [-0.15, -0.1) is 0 Å². The standard InChI is InChI=1S/C12H22N2O3/c15-12(11-4-1-5-13-11)14-6-8-16-9-10-3-2-7-17-10/h10-11,13H,1-9H2,(H,14,15)/t10-,11-/m0/s1. The first-order valence-corrected chi connectivity index (χ1v) is 6.57. The normalized spacial score (nSPS) is 28.5. The van der Waals surface area contributed by atoms with Crippen molar-refractivity contribution in [3.05, 3.63) is 0 Å². The number of rotatable bonds is 6. The summed E-state index contributed by atoms with van der Waals surface area (Å²) in [5.74, 6) is 0.100. The summed E-state index contributed by atoms with van der Waals surface area (Å²) in [6.07, 6.45) is 4.54. The minimum absolute atomic E-state index is 0.00756. The zero-order valence-electron chi connectivity index (χ0n) is 10.2. The van der Waals surface area contributed by atoms with Crippen LogP contribution < -0.4 is 10.6 Å². The molecule has 2 aliphatic heterocycles. The predicted molar refractivity (Wildman–Crippen MR) is 63.8 cm³/mol. The number of hydrogen-bond donors (Lipinski definition) is 2. The van der Waals surface area contributed by atoms with E-state index < -0.39 is 0 Å². The Labute approximate surface area is 102 Å². The van der Waals surface area contributed by atoms with Crippen LogP contribution in [0.25, 0.3) is 0 Å². The maximum absolute atomic E-state index is 11.6. The van der Waals surface area contributed by atoms with Gasteiger partial charge in [0.05, 0.1) is 25.4 Å². The van der Waals surface area contributed by atoms with Crippen LogP contribution in [0, 0.1) is 0 Å². The van der Waals surface area contributed by atoms with Gasteiger partial charge in [-0.25, -0.2) is 0 Å². The number of ether oxygens (including phenoxy) is 2. The summed E-state index contributed by atoms with van der Waals surface area (Å²) in [6, 6.07) is 0.00756. The Kier molecular flexibility index (Phi) is 5.22. The van der Waals surface area contributed by atoms with Gasteiger partial charge in [-0.1, -0.05) is 0 Å². The van der Waals surface area contributed by atoms with Gasteiger partial charge in [-0.3, -0.25) is 4.79 Å². The van der Waals surface area contributed by atoms with E-state index >= 15 is 0 Å². The van der Waals surface area contributed by atoms with Crippen molar-refractivity contribution in [3.63, 3.8) is 0 Å². The Bertz CT molecular complexity index is 236. The molecule has 2 heterocycles. The highest BCUT2D eigenvalue weighted by molar-refractivity contribution is 5.81. The van der Waals surface area contributed by atoms with Crippen LogP contribution in [-0.4, -0.2) is 51.0 Å². The minimum Gasteiger partial charge on any atom is -0.377 e. The molecule has 1 amide bonds. The molecule has 5 nitrogen and oxygen atoms in total. The van der Waals surface area contributed by atoms with Crippen LogP contribution in [0.5, 0.6) is 0 Å². The van der Waals surface area contributed by atoms with Crippen LogP contribution in [0.15, 0.2) is 0 Å². The lowest BCUT2D eigenvalue weighted by atomic mass is 10.2. The van der Waals surface area contributed by atoms with Crippen LogP contribution in [0.2, 0.25) is 0 Å². The first kappa shape index (κ1) is 12.8. The van der Waals surface area contributed by atoms with Crippen molar-refractivity contribution in [2.24, 2.45) is 0 Å². The largest absolute Gasteiger partial charge is 0.377 e. The molecule has 2 N–H and O–H groups in total. The fourth-order valence-corrected chi connectivity index (χ4v) is 2.27. The van der Waals surface area contributed by atoms with Gasteiger partial charge < -0.3 is 20.1 Å². The van der Waals surface area contributed by atoms with Gasteiger partial charge in [0, 0.05) is 13.2 Å².